The Kier molecular flexibility index (Phi) is 5.34. The second-order valence-electron chi connectivity index (χ2n) is 5.60. The van der Waals surface area contributed by atoms with E-state index in [2.05, 4.69) is 10.4 Å². The number of rotatable bonds is 5. The van der Waals surface area contributed by atoms with E-state index in [1.165, 1.54) is 0 Å². The lowest BCUT2D eigenvalue weighted by molar-refractivity contribution is -0.150. The lowest BCUT2D eigenvalue weighted by Gasteiger charge is -2.03. The van der Waals surface area contributed by atoms with Crippen LogP contribution in [0, 0.1) is 0 Å². The number of nitrogens with one attached hydrogen (secondary N) is 1. The molecule has 132 valence electrons. The number of halogens is 1. The molecule has 1 aromatic heterocycles. The molecule has 0 saturated heterocycles. The predicted octanol–water partition coefficient (Wildman–Crippen LogP) is 2.94. The number of amides is 1. The Morgan fingerprint density at radius 1 is 1.08 bits per heavy atom. The van der Waals surface area contributed by atoms with Crippen molar-refractivity contribution in [3.05, 3.63) is 71.4 Å². The van der Waals surface area contributed by atoms with Gasteiger partial charge in [-0.15, -0.1) is 0 Å². The van der Waals surface area contributed by atoms with E-state index in [9.17, 15) is 9.59 Å². The first kappa shape index (κ1) is 17.7. The highest BCUT2D eigenvalue weighted by Gasteiger charge is 2.14. The quantitative estimate of drug-likeness (QED) is 0.677. The van der Waals surface area contributed by atoms with Crippen LogP contribution >= 0.6 is 11.6 Å². The number of hydrogen-bond donors (Lipinski definition) is 2. The summed E-state index contributed by atoms with van der Waals surface area (Å²) in [6, 6.07) is 17.0. The standard InChI is InChI=1S/C19H16ClN3O3/c20-15-8-6-13(7-9-15)17-14(10-11-21-18(24)19(25)26)12-23(22-17)16-4-2-1-3-5-16/h1-9,12H,10-11H2,(H,21,24)(H,25,26). The normalized spacial score (nSPS) is 10.5. The zero-order chi connectivity index (χ0) is 18.5. The van der Waals surface area contributed by atoms with Gasteiger partial charge in [-0.25, -0.2) is 9.48 Å². The van der Waals surface area contributed by atoms with E-state index in [-0.39, 0.29) is 6.54 Å². The maximum atomic E-state index is 11.2. The molecule has 0 fully saturated rings. The zero-order valence-electron chi connectivity index (χ0n) is 13.7. The zero-order valence-corrected chi connectivity index (χ0v) is 14.5. The summed E-state index contributed by atoms with van der Waals surface area (Å²) in [6.07, 6.45) is 2.33. The molecule has 0 bridgehead atoms. The fraction of sp³-hybridized carbons (Fsp3) is 0.105. The van der Waals surface area contributed by atoms with Gasteiger partial charge in [0.2, 0.25) is 0 Å². The van der Waals surface area contributed by atoms with Crippen LogP contribution in [0.2, 0.25) is 5.02 Å². The highest BCUT2D eigenvalue weighted by molar-refractivity contribution is 6.31. The monoisotopic (exact) mass is 369 g/mol. The minimum absolute atomic E-state index is 0.201. The second-order valence-corrected chi connectivity index (χ2v) is 6.04. The Hall–Kier alpha value is -3.12. The molecule has 0 unspecified atom stereocenters. The molecule has 0 saturated carbocycles. The number of aromatic nitrogens is 2. The summed E-state index contributed by atoms with van der Waals surface area (Å²) in [4.78, 5) is 21.8. The Morgan fingerprint density at radius 3 is 2.42 bits per heavy atom. The minimum atomic E-state index is -1.50. The third-order valence-electron chi connectivity index (χ3n) is 3.80. The van der Waals surface area contributed by atoms with Crippen molar-refractivity contribution in [3.63, 3.8) is 0 Å². The van der Waals surface area contributed by atoms with E-state index in [0.717, 1.165) is 22.5 Å². The summed E-state index contributed by atoms with van der Waals surface area (Å²) in [6.45, 7) is 0.201. The fourth-order valence-corrected chi connectivity index (χ4v) is 2.67. The van der Waals surface area contributed by atoms with Crippen molar-refractivity contribution < 1.29 is 14.7 Å². The molecule has 7 heteroatoms. The molecule has 0 aliphatic heterocycles. The fourth-order valence-electron chi connectivity index (χ4n) is 2.54. The van der Waals surface area contributed by atoms with Crippen molar-refractivity contribution >= 4 is 23.5 Å². The molecule has 3 rings (SSSR count). The number of aliphatic carboxylic acids is 1. The highest BCUT2D eigenvalue weighted by Crippen LogP contribution is 2.25. The Bertz CT molecular complexity index is 921. The molecule has 0 aliphatic carbocycles. The molecule has 3 aromatic rings. The van der Waals surface area contributed by atoms with Gasteiger partial charge in [0.1, 0.15) is 0 Å². The Balaban J connectivity index is 1.90. The van der Waals surface area contributed by atoms with E-state index in [1.54, 1.807) is 16.8 Å². The topological polar surface area (TPSA) is 84.2 Å². The number of hydrogen-bond acceptors (Lipinski definition) is 3. The van der Waals surface area contributed by atoms with Gasteiger partial charge < -0.3 is 10.4 Å². The van der Waals surface area contributed by atoms with Crippen molar-refractivity contribution in [1.82, 2.24) is 15.1 Å². The average Bonchev–Trinajstić information content (AvgIpc) is 3.07. The van der Waals surface area contributed by atoms with Crippen LogP contribution in [0.15, 0.2) is 60.8 Å². The smallest absolute Gasteiger partial charge is 0.394 e. The molecule has 6 nitrogen and oxygen atoms in total. The molecular weight excluding hydrogens is 354 g/mol. The maximum Gasteiger partial charge on any atom is 0.394 e. The number of carboxylic acid groups (broad SMARTS) is 1. The molecule has 0 spiro atoms. The van der Waals surface area contributed by atoms with Gasteiger partial charge >= 0.3 is 11.9 Å². The first-order chi connectivity index (χ1) is 12.5. The van der Waals surface area contributed by atoms with Crippen LogP contribution in [0.4, 0.5) is 0 Å². The van der Waals surface area contributed by atoms with Gasteiger partial charge in [-0.1, -0.05) is 41.9 Å². The SMILES string of the molecule is O=C(O)C(=O)NCCc1cn(-c2ccccc2)nc1-c1ccc(Cl)cc1. The highest BCUT2D eigenvalue weighted by atomic mass is 35.5. The predicted molar refractivity (Wildman–Crippen MR) is 98.4 cm³/mol. The molecule has 1 heterocycles. The molecule has 26 heavy (non-hydrogen) atoms. The van der Waals surface area contributed by atoms with Gasteiger partial charge in [0.25, 0.3) is 0 Å². The molecular formula is C19H16ClN3O3. The van der Waals surface area contributed by atoms with Crippen molar-refractivity contribution in [3.8, 4) is 16.9 Å². The van der Waals surface area contributed by atoms with Gasteiger partial charge in [0.05, 0.1) is 11.4 Å². The van der Waals surface area contributed by atoms with E-state index in [0.29, 0.717) is 11.4 Å². The first-order valence-electron chi connectivity index (χ1n) is 7.95. The van der Waals surface area contributed by atoms with Crippen LogP contribution in [-0.2, 0) is 16.0 Å². The molecule has 0 radical (unpaired) electrons. The Labute approximate surface area is 155 Å². The first-order valence-corrected chi connectivity index (χ1v) is 8.33. The van der Waals surface area contributed by atoms with E-state index in [4.69, 9.17) is 16.7 Å². The maximum absolute atomic E-state index is 11.2. The third kappa shape index (κ3) is 4.10. The van der Waals surface area contributed by atoms with Crippen LogP contribution in [0.3, 0.4) is 0 Å². The summed E-state index contributed by atoms with van der Waals surface area (Å²) in [5.74, 6) is -2.52. The van der Waals surface area contributed by atoms with Crippen LogP contribution in [-0.4, -0.2) is 33.3 Å². The molecule has 2 N–H and O–H groups in total. The van der Waals surface area contributed by atoms with E-state index < -0.39 is 11.9 Å². The molecule has 1 amide bonds. The average molecular weight is 370 g/mol. The number of nitrogens with zero attached hydrogens (tertiary/aromatic N) is 2. The lowest BCUT2D eigenvalue weighted by Crippen LogP contribution is -2.32. The summed E-state index contributed by atoms with van der Waals surface area (Å²) in [5, 5.41) is 16.3. The van der Waals surface area contributed by atoms with Crippen molar-refractivity contribution in [2.45, 2.75) is 6.42 Å². The van der Waals surface area contributed by atoms with Crippen molar-refractivity contribution in [1.29, 1.82) is 0 Å². The second kappa shape index (κ2) is 7.84. The van der Waals surface area contributed by atoms with Crippen LogP contribution in [0.5, 0.6) is 0 Å². The largest absolute Gasteiger partial charge is 0.474 e. The molecule has 0 atom stereocenters. The van der Waals surface area contributed by atoms with Gasteiger partial charge in [-0.2, -0.15) is 5.10 Å². The summed E-state index contributed by atoms with van der Waals surface area (Å²) in [5.41, 5.74) is 3.45. The van der Waals surface area contributed by atoms with Crippen molar-refractivity contribution in [2.75, 3.05) is 6.54 Å². The van der Waals surface area contributed by atoms with Crippen LogP contribution in [0.1, 0.15) is 5.56 Å². The van der Waals surface area contributed by atoms with Gasteiger partial charge in [0, 0.05) is 28.9 Å². The van der Waals surface area contributed by atoms with Gasteiger partial charge in [0.15, 0.2) is 0 Å². The van der Waals surface area contributed by atoms with Crippen molar-refractivity contribution in [2.24, 2.45) is 0 Å². The number of carbonyl (C=O) groups is 2. The third-order valence-corrected chi connectivity index (χ3v) is 4.05. The van der Waals surface area contributed by atoms with Crippen LogP contribution in [0.25, 0.3) is 16.9 Å². The number of carbonyl (C=O) groups excluding carboxylic acids is 1. The lowest BCUT2D eigenvalue weighted by atomic mass is 10.1. The van der Waals surface area contributed by atoms with Gasteiger partial charge in [-0.3, -0.25) is 4.79 Å². The summed E-state index contributed by atoms with van der Waals surface area (Å²) < 4.78 is 1.76. The number of benzene rings is 2. The number of carboxylic acids is 1. The molecule has 0 aliphatic rings. The van der Waals surface area contributed by atoms with Crippen LogP contribution < -0.4 is 5.32 Å². The Morgan fingerprint density at radius 2 is 1.77 bits per heavy atom. The summed E-state index contributed by atoms with van der Waals surface area (Å²) >= 11 is 5.96. The summed E-state index contributed by atoms with van der Waals surface area (Å²) in [7, 11) is 0. The van der Waals surface area contributed by atoms with E-state index in [1.807, 2.05) is 48.7 Å². The number of para-hydroxylation sites is 1. The van der Waals surface area contributed by atoms with Gasteiger partial charge in [-0.05, 0) is 30.7 Å². The molecule has 2 aromatic carbocycles. The minimum Gasteiger partial charge on any atom is -0.474 e. The van der Waals surface area contributed by atoms with E-state index >= 15 is 0 Å².